The maximum atomic E-state index is 15.0. The number of hydrogen-bond acceptors (Lipinski definition) is 2. The summed E-state index contributed by atoms with van der Waals surface area (Å²) in [6, 6.07) is 15.0. The van der Waals surface area contributed by atoms with Crippen molar-refractivity contribution in [3.63, 3.8) is 0 Å². The molecule has 5 rings (SSSR count). The van der Waals surface area contributed by atoms with E-state index in [2.05, 4.69) is 11.9 Å². The zero-order valence-electron chi connectivity index (χ0n) is 18.4. The molecule has 3 aromatic carbocycles. The minimum Gasteiger partial charge on any atom is -0.473 e. The Bertz CT molecular complexity index is 1390. The molecule has 2 nitrogen and oxygen atoms in total. The van der Waals surface area contributed by atoms with Crippen LogP contribution in [-0.2, 0) is 19.4 Å². The zero-order valence-corrected chi connectivity index (χ0v) is 19.2. The average Bonchev–Trinajstić information content (AvgIpc) is 3.18. The van der Waals surface area contributed by atoms with Crippen LogP contribution in [-0.4, -0.2) is 4.98 Å². The van der Waals surface area contributed by atoms with Crippen molar-refractivity contribution in [1.82, 2.24) is 4.98 Å². The van der Waals surface area contributed by atoms with E-state index in [0.717, 1.165) is 12.8 Å². The first-order valence-electron chi connectivity index (χ1n) is 11.0. The quantitative estimate of drug-likeness (QED) is 0.291. The lowest BCUT2D eigenvalue weighted by Gasteiger charge is -2.11. The standard InChI is InChI=1S/C28H21ClF3NO/c1-16-8-19-12-28(33-14-20(19)9-16)34-15-21-10-17(3-7-25(21)30)23-5-2-18(11-26(23)31)24-6-4-22(29)13-27(24)32/h2-7,10-14,16H,8-9,15H2,1H3. The van der Waals surface area contributed by atoms with E-state index in [1.807, 2.05) is 12.3 Å². The van der Waals surface area contributed by atoms with Gasteiger partial charge in [-0.3, -0.25) is 0 Å². The second kappa shape index (κ2) is 9.15. The molecule has 0 bridgehead atoms. The summed E-state index contributed by atoms with van der Waals surface area (Å²) >= 11 is 5.80. The van der Waals surface area contributed by atoms with Crippen LogP contribution in [0.25, 0.3) is 22.3 Å². The molecule has 1 aliphatic carbocycles. The van der Waals surface area contributed by atoms with Gasteiger partial charge in [-0.15, -0.1) is 0 Å². The van der Waals surface area contributed by atoms with Gasteiger partial charge in [-0.25, -0.2) is 18.2 Å². The number of aromatic nitrogens is 1. The van der Waals surface area contributed by atoms with Crippen LogP contribution in [0.4, 0.5) is 13.2 Å². The Balaban J connectivity index is 1.38. The normalized spacial score (nSPS) is 14.8. The first kappa shape index (κ1) is 22.5. The second-order valence-corrected chi connectivity index (χ2v) is 9.15. The number of halogens is 4. The SMILES string of the molecule is CC1Cc2cnc(OCc3cc(-c4ccc(-c5ccc(Cl)cc5F)cc4F)ccc3F)cc2C1. The molecule has 1 atom stereocenters. The lowest BCUT2D eigenvalue weighted by Crippen LogP contribution is -2.01. The summed E-state index contributed by atoms with van der Waals surface area (Å²) in [6.07, 6.45) is 3.81. The van der Waals surface area contributed by atoms with E-state index in [1.165, 1.54) is 41.5 Å². The van der Waals surface area contributed by atoms with E-state index in [4.69, 9.17) is 16.3 Å². The van der Waals surface area contributed by atoms with Gasteiger partial charge in [0.05, 0.1) is 0 Å². The molecule has 1 heterocycles. The summed E-state index contributed by atoms with van der Waals surface area (Å²) in [4.78, 5) is 4.33. The number of pyridine rings is 1. The van der Waals surface area contributed by atoms with Crippen molar-refractivity contribution in [1.29, 1.82) is 0 Å². The van der Waals surface area contributed by atoms with Gasteiger partial charge in [0, 0.05) is 34.0 Å². The summed E-state index contributed by atoms with van der Waals surface area (Å²) in [6.45, 7) is 2.16. The van der Waals surface area contributed by atoms with E-state index in [9.17, 15) is 13.2 Å². The highest BCUT2D eigenvalue weighted by atomic mass is 35.5. The molecule has 172 valence electrons. The minimum absolute atomic E-state index is 0.0310. The third kappa shape index (κ3) is 4.53. The fraction of sp³-hybridized carbons (Fsp3) is 0.179. The van der Waals surface area contributed by atoms with Crippen molar-refractivity contribution in [2.45, 2.75) is 26.4 Å². The Morgan fingerprint density at radius 2 is 1.50 bits per heavy atom. The molecule has 34 heavy (non-hydrogen) atoms. The van der Waals surface area contributed by atoms with E-state index in [-0.39, 0.29) is 22.8 Å². The summed E-state index contributed by atoms with van der Waals surface area (Å²) in [7, 11) is 0. The molecule has 0 radical (unpaired) electrons. The van der Waals surface area contributed by atoms with Crippen molar-refractivity contribution in [2.75, 3.05) is 0 Å². The average molecular weight is 480 g/mol. The maximum absolute atomic E-state index is 15.0. The van der Waals surface area contributed by atoms with Crippen LogP contribution in [0.3, 0.4) is 0 Å². The Morgan fingerprint density at radius 3 is 2.26 bits per heavy atom. The van der Waals surface area contributed by atoms with Gasteiger partial charge in [0.2, 0.25) is 5.88 Å². The Hall–Kier alpha value is -3.31. The molecular formula is C28H21ClF3NO. The molecule has 0 amide bonds. The first-order valence-corrected chi connectivity index (χ1v) is 11.4. The molecule has 0 fully saturated rings. The van der Waals surface area contributed by atoms with Crippen LogP contribution < -0.4 is 4.74 Å². The van der Waals surface area contributed by atoms with Gasteiger partial charge in [0.15, 0.2) is 0 Å². The lowest BCUT2D eigenvalue weighted by atomic mass is 9.98. The van der Waals surface area contributed by atoms with E-state index in [0.29, 0.717) is 28.5 Å². The molecule has 0 N–H and O–H groups in total. The predicted molar refractivity (Wildman–Crippen MR) is 127 cm³/mol. The third-order valence-corrected chi connectivity index (χ3v) is 6.37. The predicted octanol–water partition coefficient (Wildman–Crippen LogP) is 7.80. The Labute approximate surface area is 201 Å². The van der Waals surface area contributed by atoms with Gasteiger partial charge >= 0.3 is 0 Å². The van der Waals surface area contributed by atoms with Crippen molar-refractivity contribution < 1.29 is 17.9 Å². The molecule has 6 heteroatoms. The van der Waals surface area contributed by atoms with Gasteiger partial charge in [-0.1, -0.05) is 36.7 Å². The van der Waals surface area contributed by atoms with Gasteiger partial charge in [-0.2, -0.15) is 0 Å². The number of fused-ring (bicyclic) bond motifs is 1. The summed E-state index contributed by atoms with van der Waals surface area (Å²) in [5.74, 6) is -0.495. The lowest BCUT2D eigenvalue weighted by molar-refractivity contribution is 0.288. The summed E-state index contributed by atoms with van der Waals surface area (Å²) in [5, 5.41) is 0.268. The van der Waals surface area contributed by atoms with Crippen LogP contribution in [0, 0.1) is 23.4 Å². The molecular weight excluding hydrogens is 459 g/mol. The number of hydrogen-bond donors (Lipinski definition) is 0. The molecule has 1 unspecified atom stereocenters. The highest BCUT2D eigenvalue weighted by molar-refractivity contribution is 6.30. The molecule has 0 saturated carbocycles. The molecule has 0 aliphatic heterocycles. The van der Waals surface area contributed by atoms with Gasteiger partial charge in [0.1, 0.15) is 24.1 Å². The van der Waals surface area contributed by atoms with Crippen LogP contribution in [0.5, 0.6) is 5.88 Å². The van der Waals surface area contributed by atoms with Crippen molar-refractivity contribution in [2.24, 2.45) is 5.92 Å². The number of benzene rings is 3. The van der Waals surface area contributed by atoms with Gasteiger partial charge in [0.25, 0.3) is 0 Å². The fourth-order valence-corrected chi connectivity index (χ4v) is 4.58. The highest BCUT2D eigenvalue weighted by Gasteiger charge is 2.19. The largest absolute Gasteiger partial charge is 0.473 e. The summed E-state index contributed by atoms with van der Waals surface area (Å²) in [5.41, 5.74) is 4.15. The fourth-order valence-electron chi connectivity index (χ4n) is 4.42. The Morgan fingerprint density at radius 1 is 0.824 bits per heavy atom. The first-order chi connectivity index (χ1) is 16.4. The van der Waals surface area contributed by atoms with Crippen molar-refractivity contribution >= 4 is 11.6 Å². The van der Waals surface area contributed by atoms with E-state index >= 15 is 0 Å². The highest BCUT2D eigenvalue weighted by Crippen LogP contribution is 2.32. The topological polar surface area (TPSA) is 22.1 Å². The molecule has 0 spiro atoms. The van der Waals surface area contributed by atoms with Crippen molar-refractivity contribution in [3.8, 4) is 28.1 Å². The number of rotatable bonds is 5. The van der Waals surface area contributed by atoms with Crippen LogP contribution >= 0.6 is 11.6 Å². The smallest absolute Gasteiger partial charge is 0.213 e. The maximum Gasteiger partial charge on any atom is 0.213 e. The van der Waals surface area contributed by atoms with Crippen LogP contribution in [0.2, 0.25) is 5.02 Å². The Kier molecular flexibility index (Phi) is 6.05. The zero-order chi connectivity index (χ0) is 23.8. The molecule has 0 saturated heterocycles. The molecule has 1 aromatic heterocycles. The second-order valence-electron chi connectivity index (χ2n) is 8.72. The van der Waals surface area contributed by atoms with Crippen LogP contribution in [0.15, 0.2) is 66.9 Å². The number of nitrogens with zero attached hydrogens (tertiary/aromatic N) is 1. The van der Waals surface area contributed by atoms with Crippen molar-refractivity contribution in [3.05, 3.63) is 106 Å². The molecule has 4 aromatic rings. The summed E-state index contributed by atoms with van der Waals surface area (Å²) < 4.78 is 49.5. The third-order valence-electron chi connectivity index (χ3n) is 6.14. The van der Waals surface area contributed by atoms with E-state index in [1.54, 1.807) is 24.3 Å². The number of ether oxygens (including phenoxy) is 1. The van der Waals surface area contributed by atoms with Crippen LogP contribution in [0.1, 0.15) is 23.6 Å². The van der Waals surface area contributed by atoms with Gasteiger partial charge < -0.3 is 4.74 Å². The molecule has 1 aliphatic rings. The minimum atomic E-state index is -0.542. The van der Waals surface area contributed by atoms with E-state index < -0.39 is 17.5 Å². The monoisotopic (exact) mass is 479 g/mol. The van der Waals surface area contributed by atoms with Gasteiger partial charge in [-0.05, 0) is 77.4 Å².